The highest BCUT2D eigenvalue weighted by Gasteiger charge is 2.10. The Morgan fingerprint density at radius 2 is 1.73 bits per heavy atom. The molecule has 0 saturated heterocycles. The zero-order valence-corrected chi connectivity index (χ0v) is 10.4. The van der Waals surface area contributed by atoms with Gasteiger partial charge in [0.2, 0.25) is 0 Å². The minimum Gasteiger partial charge on any atom is -0.218 e. The van der Waals surface area contributed by atoms with Crippen LogP contribution in [0.25, 0.3) is 5.95 Å². The average Bonchev–Trinajstić information content (AvgIpc) is 2.47. The highest BCUT2D eigenvalue weighted by atomic mass is 79.9. The lowest BCUT2D eigenvalue weighted by Gasteiger charge is -2.01. The van der Waals surface area contributed by atoms with Crippen molar-refractivity contribution < 1.29 is 0 Å². The molecule has 2 rings (SSSR count). The van der Waals surface area contributed by atoms with Crippen LogP contribution in [0, 0.1) is 20.8 Å². The van der Waals surface area contributed by atoms with E-state index < -0.39 is 0 Å². The van der Waals surface area contributed by atoms with E-state index in [1.54, 1.807) is 17.1 Å². The van der Waals surface area contributed by atoms with E-state index in [0.29, 0.717) is 5.95 Å². The predicted octanol–water partition coefficient (Wildman–Crippen LogP) is 2.35. The molecule has 0 saturated carbocycles. The third-order valence-corrected chi connectivity index (χ3v) is 2.86. The minimum absolute atomic E-state index is 0.604. The van der Waals surface area contributed by atoms with Gasteiger partial charge >= 0.3 is 0 Å². The van der Waals surface area contributed by atoms with E-state index in [4.69, 9.17) is 0 Å². The first-order chi connectivity index (χ1) is 7.09. The fourth-order valence-corrected chi connectivity index (χ4v) is 1.53. The van der Waals surface area contributed by atoms with Gasteiger partial charge in [0.05, 0.1) is 10.2 Å². The zero-order chi connectivity index (χ0) is 11.0. The zero-order valence-electron chi connectivity index (χ0n) is 8.82. The van der Waals surface area contributed by atoms with Crippen LogP contribution in [0.1, 0.15) is 17.0 Å². The summed E-state index contributed by atoms with van der Waals surface area (Å²) < 4.78 is 2.63. The number of nitrogens with zero attached hydrogens (tertiary/aromatic N) is 4. The van der Waals surface area contributed by atoms with Crippen molar-refractivity contribution in [1.29, 1.82) is 0 Å². The molecule has 5 heteroatoms. The van der Waals surface area contributed by atoms with E-state index in [1.807, 2.05) is 20.8 Å². The summed E-state index contributed by atoms with van der Waals surface area (Å²) in [5, 5.41) is 4.39. The molecule has 0 unspecified atom stereocenters. The second-order valence-electron chi connectivity index (χ2n) is 3.41. The molecule has 0 aliphatic heterocycles. The number of hydrogen-bond acceptors (Lipinski definition) is 3. The Kier molecular flexibility index (Phi) is 2.56. The monoisotopic (exact) mass is 266 g/mol. The van der Waals surface area contributed by atoms with Crippen LogP contribution in [0.5, 0.6) is 0 Å². The van der Waals surface area contributed by atoms with E-state index in [0.717, 1.165) is 15.9 Å². The fraction of sp³-hybridized carbons (Fsp3) is 0.300. The second-order valence-corrected chi connectivity index (χ2v) is 4.32. The molecule has 0 aliphatic rings. The maximum Gasteiger partial charge on any atom is 0.250 e. The Hall–Kier alpha value is -1.23. The van der Waals surface area contributed by atoms with Crippen molar-refractivity contribution in [3.63, 3.8) is 0 Å². The lowest BCUT2D eigenvalue weighted by Crippen LogP contribution is -2.04. The standard InChI is InChI=1S/C10H11BrN4/c1-6-7(2)14-15(8(6)3)10-12-4-9(11)5-13-10/h4-5H,1-3H3. The van der Waals surface area contributed by atoms with Crippen molar-refractivity contribution >= 4 is 15.9 Å². The van der Waals surface area contributed by atoms with E-state index in [-0.39, 0.29) is 0 Å². The van der Waals surface area contributed by atoms with Gasteiger partial charge in [0.1, 0.15) is 0 Å². The van der Waals surface area contributed by atoms with Crippen LogP contribution in [0.15, 0.2) is 16.9 Å². The molecule has 4 nitrogen and oxygen atoms in total. The van der Waals surface area contributed by atoms with Gasteiger partial charge in [0, 0.05) is 18.1 Å². The van der Waals surface area contributed by atoms with Gasteiger partial charge in [-0.1, -0.05) is 0 Å². The highest BCUT2D eigenvalue weighted by Crippen LogP contribution is 2.14. The summed E-state index contributed by atoms with van der Waals surface area (Å²) in [5.74, 6) is 0.604. The number of aryl methyl sites for hydroxylation is 1. The Morgan fingerprint density at radius 3 is 2.20 bits per heavy atom. The number of hydrogen-bond donors (Lipinski definition) is 0. The molecule has 0 N–H and O–H groups in total. The van der Waals surface area contributed by atoms with Gasteiger partial charge in [-0.2, -0.15) is 5.10 Å². The quantitative estimate of drug-likeness (QED) is 0.796. The van der Waals surface area contributed by atoms with Gasteiger partial charge in [-0.05, 0) is 42.3 Å². The third kappa shape index (κ3) is 1.79. The largest absolute Gasteiger partial charge is 0.250 e. The molecule has 78 valence electrons. The maximum atomic E-state index is 4.39. The molecule has 0 aromatic carbocycles. The van der Waals surface area contributed by atoms with Gasteiger partial charge in [0.25, 0.3) is 5.95 Å². The molecule has 0 aliphatic carbocycles. The van der Waals surface area contributed by atoms with Crippen LogP contribution < -0.4 is 0 Å². The summed E-state index contributed by atoms with van der Waals surface area (Å²) in [4.78, 5) is 8.41. The van der Waals surface area contributed by atoms with E-state index >= 15 is 0 Å². The Bertz CT molecular complexity index is 487. The van der Waals surface area contributed by atoms with Crippen molar-refractivity contribution in [3.8, 4) is 5.95 Å². The molecule has 2 aromatic heterocycles. The number of aromatic nitrogens is 4. The van der Waals surface area contributed by atoms with Crippen molar-refractivity contribution in [1.82, 2.24) is 19.7 Å². The Balaban J connectivity index is 2.54. The summed E-state index contributed by atoms with van der Waals surface area (Å²) in [5.41, 5.74) is 3.27. The summed E-state index contributed by atoms with van der Waals surface area (Å²) in [7, 11) is 0. The molecular formula is C10H11BrN4. The van der Waals surface area contributed by atoms with Crippen LogP contribution in [-0.2, 0) is 0 Å². The molecule has 0 atom stereocenters. The minimum atomic E-state index is 0.604. The Labute approximate surface area is 96.5 Å². The topological polar surface area (TPSA) is 43.6 Å². The summed E-state index contributed by atoms with van der Waals surface area (Å²) in [6, 6.07) is 0. The van der Waals surface area contributed by atoms with Crippen molar-refractivity contribution in [3.05, 3.63) is 33.8 Å². The van der Waals surface area contributed by atoms with Crippen LogP contribution in [0.3, 0.4) is 0 Å². The van der Waals surface area contributed by atoms with E-state index in [9.17, 15) is 0 Å². The second kappa shape index (κ2) is 3.73. The van der Waals surface area contributed by atoms with Crippen LogP contribution >= 0.6 is 15.9 Å². The van der Waals surface area contributed by atoms with Gasteiger partial charge in [-0.3, -0.25) is 0 Å². The third-order valence-electron chi connectivity index (χ3n) is 2.45. The van der Waals surface area contributed by atoms with Gasteiger partial charge in [-0.15, -0.1) is 0 Å². The lowest BCUT2D eigenvalue weighted by atomic mass is 10.2. The molecular weight excluding hydrogens is 256 g/mol. The molecule has 0 amide bonds. The molecule has 0 radical (unpaired) electrons. The van der Waals surface area contributed by atoms with Gasteiger partial charge in [-0.25, -0.2) is 14.6 Å². The first kappa shape index (κ1) is 10.3. The molecule has 2 aromatic rings. The predicted molar refractivity (Wildman–Crippen MR) is 61.1 cm³/mol. The van der Waals surface area contributed by atoms with Crippen molar-refractivity contribution in [2.75, 3.05) is 0 Å². The first-order valence-electron chi connectivity index (χ1n) is 4.60. The van der Waals surface area contributed by atoms with Crippen LogP contribution in [0.2, 0.25) is 0 Å². The lowest BCUT2D eigenvalue weighted by molar-refractivity contribution is 0.772. The summed E-state index contributed by atoms with van der Waals surface area (Å²) >= 11 is 3.30. The SMILES string of the molecule is Cc1nn(-c2ncc(Br)cn2)c(C)c1C. The smallest absolute Gasteiger partial charge is 0.218 e. The molecule has 0 fully saturated rings. The number of rotatable bonds is 1. The number of halogens is 1. The maximum absolute atomic E-state index is 4.39. The summed E-state index contributed by atoms with van der Waals surface area (Å²) in [6.45, 7) is 6.05. The highest BCUT2D eigenvalue weighted by molar-refractivity contribution is 9.10. The fourth-order valence-electron chi connectivity index (χ4n) is 1.33. The summed E-state index contributed by atoms with van der Waals surface area (Å²) in [6.07, 6.45) is 3.43. The molecule has 0 spiro atoms. The van der Waals surface area contributed by atoms with Crippen molar-refractivity contribution in [2.45, 2.75) is 20.8 Å². The van der Waals surface area contributed by atoms with Gasteiger partial charge < -0.3 is 0 Å². The molecule has 15 heavy (non-hydrogen) atoms. The first-order valence-corrected chi connectivity index (χ1v) is 5.39. The van der Waals surface area contributed by atoms with Crippen LogP contribution in [0.4, 0.5) is 0 Å². The van der Waals surface area contributed by atoms with Gasteiger partial charge in [0.15, 0.2) is 0 Å². The van der Waals surface area contributed by atoms with E-state index in [2.05, 4.69) is 31.0 Å². The average molecular weight is 267 g/mol. The Morgan fingerprint density at radius 1 is 1.13 bits per heavy atom. The van der Waals surface area contributed by atoms with Crippen molar-refractivity contribution in [2.24, 2.45) is 0 Å². The molecule has 0 bridgehead atoms. The normalized spacial score (nSPS) is 10.7. The van der Waals surface area contributed by atoms with E-state index in [1.165, 1.54) is 5.56 Å². The van der Waals surface area contributed by atoms with Crippen LogP contribution in [-0.4, -0.2) is 19.7 Å². The molecule has 2 heterocycles.